The molecule has 8 rings (SSSR count). The molecule has 18 heteroatoms. The molecule has 2 amide bonds. The number of carbonyl (C=O) groups is 4. The molecule has 16 nitrogen and oxygen atoms in total. The Morgan fingerprint density at radius 3 is 1.40 bits per heavy atom. The molecule has 2 saturated heterocycles. The van der Waals surface area contributed by atoms with Crippen molar-refractivity contribution in [2.75, 3.05) is 63.1 Å². The summed E-state index contributed by atoms with van der Waals surface area (Å²) < 4.78 is 49.0. The second kappa shape index (κ2) is 25.1. The van der Waals surface area contributed by atoms with Crippen molar-refractivity contribution in [2.45, 2.75) is 64.2 Å². The zero-order valence-electron chi connectivity index (χ0n) is 38.0. The first-order chi connectivity index (χ1) is 32.8. The second-order valence-electron chi connectivity index (χ2n) is 16.5. The highest BCUT2D eigenvalue weighted by Gasteiger charge is 2.26. The number of aliphatic carboxylic acids is 2. The number of halogens is 2. The first kappa shape index (κ1) is 50.2. The Kier molecular flexibility index (Phi) is 18.5. The number of hydrogen-bond donors (Lipinski definition) is 4. The summed E-state index contributed by atoms with van der Waals surface area (Å²) in [5.41, 5.74) is 4.42. The fourth-order valence-corrected chi connectivity index (χ4v) is 8.14. The Bertz CT molecular complexity index is 2470. The number of hydrogen-bond acceptors (Lipinski definition) is 12. The van der Waals surface area contributed by atoms with Gasteiger partial charge in [-0.1, -0.05) is 22.4 Å². The number of anilines is 2. The number of benzene rings is 4. The van der Waals surface area contributed by atoms with Gasteiger partial charge in [-0.05, 0) is 113 Å². The standard InChI is InChI=1S/2C23H26FN3O3.C4H4O4/c2*1-16(28)25-19-4-2-5-20(15-19)29-13-3-10-27-11-8-17(9-12-27)23-21-7-6-18(24)14-22(21)30-26-23;5-3(6)1-2-4(7)8/h2*2,4-7,14-15,17H,3,8-13H2,1H3,(H,25,28);1-2H,(H,5,6)(H,7,8)/b;;2-1+. The van der Waals surface area contributed by atoms with Gasteiger partial charge in [0.15, 0.2) is 11.2 Å². The molecule has 0 saturated carbocycles. The minimum atomic E-state index is -1.26. The maximum absolute atomic E-state index is 13.3. The normalized spacial score (nSPS) is 14.7. The molecule has 2 fully saturated rings. The second-order valence-corrected chi connectivity index (χ2v) is 16.5. The number of piperidine rings is 2. The highest BCUT2D eigenvalue weighted by molar-refractivity contribution is 5.90. The van der Waals surface area contributed by atoms with Crippen LogP contribution in [0.25, 0.3) is 21.9 Å². The molecule has 4 N–H and O–H groups in total. The Morgan fingerprint density at radius 2 is 1.03 bits per heavy atom. The summed E-state index contributed by atoms with van der Waals surface area (Å²) in [7, 11) is 0. The number of carboxylic acid groups (broad SMARTS) is 2. The van der Waals surface area contributed by atoms with Crippen molar-refractivity contribution < 1.29 is 56.7 Å². The van der Waals surface area contributed by atoms with Crippen LogP contribution >= 0.6 is 0 Å². The van der Waals surface area contributed by atoms with Crippen LogP contribution in [0.1, 0.15) is 75.6 Å². The Hall–Kier alpha value is -7.18. The van der Waals surface area contributed by atoms with Crippen molar-refractivity contribution in [3.05, 3.63) is 120 Å². The van der Waals surface area contributed by atoms with E-state index >= 15 is 0 Å². The maximum Gasteiger partial charge on any atom is 0.328 e. The number of nitrogens with zero attached hydrogens (tertiary/aromatic N) is 4. The van der Waals surface area contributed by atoms with Crippen LogP contribution in [0.3, 0.4) is 0 Å². The number of rotatable bonds is 16. The largest absolute Gasteiger partial charge is 0.493 e. The van der Waals surface area contributed by atoms with Crippen molar-refractivity contribution >= 4 is 57.1 Å². The van der Waals surface area contributed by atoms with E-state index in [2.05, 4.69) is 30.7 Å². The van der Waals surface area contributed by atoms with Crippen LogP contribution < -0.4 is 20.1 Å². The van der Waals surface area contributed by atoms with Gasteiger partial charge in [-0.3, -0.25) is 9.59 Å². The number of carboxylic acids is 2. The van der Waals surface area contributed by atoms with Crippen LogP contribution in [0.5, 0.6) is 11.5 Å². The van der Waals surface area contributed by atoms with Crippen LogP contribution in [0.15, 0.2) is 106 Å². The Morgan fingerprint density at radius 1 is 0.632 bits per heavy atom. The monoisotopic (exact) mass is 938 g/mol. The van der Waals surface area contributed by atoms with Crippen molar-refractivity contribution in [2.24, 2.45) is 0 Å². The van der Waals surface area contributed by atoms with Crippen LogP contribution in [0, 0.1) is 11.6 Å². The lowest BCUT2D eigenvalue weighted by atomic mass is 9.91. The Labute approximate surface area is 391 Å². The predicted octanol–water partition coefficient (Wildman–Crippen LogP) is 8.86. The molecule has 68 heavy (non-hydrogen) atoms. The van der Waals surface area contributed by atoms with Gasteiger partial charge in [-0.2, -0.15) is 0 Å². The molecule has 360 valence electrons. The van der Waals surface area contributed by atoms with Gasteiger partial charge < -0.3 is 49.2 Å². The predicted molar refractivity (Wildman–Crippen MR) is 251 cm³/mol. The average Bonchev–Trinajstić information content (AvgIpc) is 3.93. The SMILES string of the molecule is CC(=O)Nc1cccc(OCCCN2CCC(c3noc4cc(F)ccc34)CC2)c1.CC(=O)Nc1cccc(OCCCN2CCC(c3noc4cc(F)ccc34)CC2)c1.O=C(O)/C=C/C(=O)O. The lowest BCUT2D eigenvalue weighted by Crippen LogP contribution is -2.34. The third-order valence-corrected chi connectivity index (χ3v) is 11.3. The molecule has 0 spiro atoms. The van der Waals surface area contributed by atoms with E-state index in [4.69, 9.17) is 28.7 Å². The number of nitrogens with one attached hydrogen (secondary N) is 2. The number of carbonyl (C=O) groups excluding carboxylic acids is 2. The van der Waals surface area contributed by atoms with E-state index in [1.165, 1.54) is 38.1 Å². The third kappa shape index (κ3) is 15.7. The van der Waals surface area contributed by atoms with E-state index in [1.54, 1.807) is 12.1 Å². The van der Waals surface area contributed by atoms with Crippen molar-refractivity contribution in [3.8, 4) is 11.5 Å². The van der Waals surface area contributed by atoms with Gasteiger partial charge in [0.25, 0.3) is 0 Å². The van der Waals surface area contributed by atoms with E-state index in [9.17, 15) is 28.0 Å². The maximum atomic E-state index is 13.3. The van der Waals surface area contributed by atoms with Crippen LogP contribution in [-0.4, -0.2) is 107 Å². The molecule has 2 aliphatic heterocycles. The number of aromatic nitrogens is 2. The van der Waals surface area contributed by atoms with Crippen LogP contribution in [0.2, 0.25) is 0 Å². The highest BCUT2D eigenvalue weighted by atomic mass is 19.1. The third-order valence-electron chi connectivity index (χ3n) is 11.3. The van der Waals surface area contributed by atoms with Gasteiger partial charge in [0, 0.05) is 97.3 Å². The molecule has 2 aliphatic rings. The van der Waals surface area contributed by atoms with E-state index in [0.29, 0.717) is 48.4 Å². The summed E-state index contributed by atoms with van der Waals surface area (Å²) >= 11 is 0. The molecule has 0 aliphatic carbocycles. The van der Waals surface area contributed by atoms with Crippen molar-refractivity contribution in [3.63, 3.8) is 0 Å². The van der Waals surface area contributed by atoms with Gasteiger partial charge in [-0.25, -0.2) is 18.4 Å². The van der Waals surface area contributed by atoms with E-state index < -0.39 is 11.9 Å². The lowest BCUT2D eigenvalue weighted by molar-refractivity contribution is -0.134. The summed E-state index contributed by atoms with van der Waals surface area (Å²) in [6.07, 6.45) is 7.03. The molecule has 2 aromatic heterocycles. The minimum Gasteiger partial charge on any atom is -0.493 e. The zero-order valence-corrected chi connectivity index (χ0v) is 38.0. The first-order valence-corrected chi connectivity index (χ1v) is 22.5. The highest BCUT2D eigenvalue weighted by Crippen LogP contribution is 2.34. The number of ether oxygens (including phenoxy) is 2. The molecule has 0 unspecified atom stereocenters. The molecule has 0 radical (unpaired) electrons. The van der Waals surface area contributed by atoms with Gasteiger partial charge in [0.1, 0.15) is 23.1 Å². The lowest BCUT2D eigenvalue weighted by Gasteiger charge is -2.31. The molecule has 4 aromatic carbocycles. The molecule has 0 atom stereocenters. The van der Waals surface area contributed by atoms with Crippen molar-refractivity contribution in [1.82, 2.24) is 20.1 Å². The topological polar surface area (TPSA) is 210 Å². The number of likely N-dealkylation sites (tertiary alicyclic amines) is 2. The molecule has 0 bridgehead atoms. The number of amides is 2. The van der Waals surface area contributed by atoms with Crippen LogP contribution in [-0.2, 0) is 19.2 Å². The average molecular weight is 939 g/mol. The van der Waals surface area contributed by atoms with Gasteiger partial charge in [0.05, 0.1) is 24.6 Å². The van der Waals surface area contributed by atoms with Crippen LogP contribution in [0.4, 0.5) is 20.2 Å². The number of fused-ring (bicyclic) bond motifs is 2. The fourth-order valence-electron chi connectivity index (χ4n) is 8.14. The summed E-state index contributed by atoms with van der Waals surface area (Å²) in [5, 5.41) is 31.4. The van der Waals surface area contributed by atoms with E-state index in [-0.39, 0.29) is 23.4 Å². The molecule has 6 aromatic rings. The van der Waals surface area contributed by atoms with E-state index in [1.807, 2.05) is 48.5 Å². The quantitative estimate of drug-likeness (QED) is 0.0528. The fraction of sp³-hybridized carbons (Fsp3) is 0.360. The summed E-state index contributed by atoms with van der Waals surface area (Å²) in [6, 6.07) is 24.1. The minimum absolute atomic E-state index is 0.0960. The summed E-state index contributed by atoms with van der Waals surface area (Å²) in [5.74, 6) is -1.10. The van der Waals surface area contributed by atoms with Gasteiger partial charge in [-0.15, -0.1) is 0 Å². The summed E-state index contributed by atoms with van der Waals surface area (Å²) in [4.78, 5) is 46.3. The Balaban J connectivity index is 0.000000193. The molecule has 4 heterocycles. The van der Waals surface area contributed by atoms with E-state index in [0.717, 1.165) is 123 Å². The first-order valence-electron chi connectivity index (χ1n) is 22.5. The van der Waals surface area contributed by atoms with Gasteiger partial charge in [0.2, 0.25) is 11.8 Å². The molecular weight excluding hydrogens is 883 g/mol. The molecular formula is C50H56F2N6O10. The summed E-state index contributed by atoms with van der Waals surface area (Å²) in [6.45, 7) is 10.2. The smallest absolute Gasteiger partial charge is 0.328 e. The zero-order chi connectivity index (χ0) is 48.4. The van der Waals surface area contributed by atoms with Gasteiger partial charge >= 0.3 is 11.9 Å². The van der Waals surface area contributed by atoms with Crippen molar-refractivity contribution in [1.29, 1.82) is 0 Å².